The van der Waals surface area contributed by atoms with Crippen molar-refractivity contribution in [3.05, 3.63) is 65.2 Å². The summed E-state index contributed by atoms with van der Waals surface area (Å²) in [6.45, 7) is 7.30. The first-order chi connectivity index (χ1) is 12.3. The van der Waals surface area contributed by atoms with Crippen LogP contribution in [0.3, 0.4) is 0 Å². The molecular formula is C21H26N2O3. The monoisotopic (exact) mass is 354 g/mol. The van der Waals surface area contributed by atoms with Gasteiger partial charge in [0, 0.05) is 12.1 Å². The number of benzene rings is 2. The molecule has 2 rings (SSSR count). The molecule has 0 unspecified atom stereocenters. The highest BCUT2D eigenvalue weighted by Crippen LogP contribution is 2.19. The van der Waals surface area contributed by atoms with Crippen LogP contribution in [-0.4, -0.2) is 18.4 Å². The summed E-state index contributed by atoms with van der Waals surface area (Å²) < 4.78 is 5.71. The highest BCUT2D eigenvalue weighted by molar-refractivity contribution is 5.95. The molecule has 2 aromatic carbocycles. The Kier molecular flexibility index (Phi) is 6.39. The van der Waals surface area contributed by atoms with Gasteiger partial charge in [-0.05, 0) is 41.7 Å². The van der Waals surface area contributed by atoms with Crippen molar-refractivity contribution in [2.24, 2.45) is 11.1 Å². The molecule has 2 amide bonds. The Bertz CT molecular complexity index is 779. The van der Waals surface area contributed by atoms with E-state index >= 15 is 0 Å². The van der Waals surface area contributed by atoms with E-state index in [0.717, 1.165) is 12.0 Å². The van der Waals surface area contributed by atoms with Gasteiger partial charge in [-0.3, -0.25) is 9.59 Å². The number of nitrogens with one attached hydrogen (secondary N) is 1. The van der Waals surface area contributed by atoms with Gasteiger partial charge in [-0.2, -0.15) is 0 Å². The number of rotatable bonds is 7. The largest absolute Gasteiger partial charge is 0.488 e. The minimum absolute atomic E-state index is 0.103. The zero-order chi connectivity index (χ0) is 19.2. The van der Waals surface area contributed by atoms with Crippen LogP contribution >= 0.6 is 0 Å². The van der Waals surface area contributed by atoms with Crippen LogP contribution in [0.4, 0.5) is 0 Å². The zero-order valence-electron chi connectivity index (χ0n) is 15.5. The highest BCUT2D eigenvalue weighted by Gasteiger charge is 2.12. The minimum Gasteiger partial charge on any atom is -0.488 e. The van der Waals surface area contributed by atoms with Crippen molar-refractivity contribution in [3.8, 4) is 5.75 Å². The Morgan fingerprint density at radius 3 is 2.50 bits per heavy atom. The van der Waals surface area contributed by atoms with E-state index in [2.05, 4.69) is 26.1 Å². The molecule has 2 aromatic rings. The number of carbonyl (C=O) groups is 2. The van der Waals surface area contributed by atoms with E-state index in [4.69, 9.17) is 10.5 Å². The SMILES string of the molecule is CC(C)(C)CCNC(=O)c1cccc(COc2ccccc2C(N)=O)c1. The highest BCUT2D eigenvalue weighted by atomic mass is 16.5. The number of amides is 2. The molecule has 0 aromatic heterocycles. The maximum atomic E-state index is 12.3. The zero-order valence-corrected chi connectivity index (χ0v) is 15.5. The summed E-state index contributed by atoms with van der Waals surface area (Å²) in [6, 6.07) is 14.1. The normalized spacial score (nSPS) is 11.0. The molecule has 0 fully saturated rings. The summed E-state index contributed by atoms with van der Waals surface area (Å²) in [6.07, 6.45) is 0.908. The van der Waals surface area contributed by atoms with Gasteiger partial charge >= 0.3 is 0 Å². The van der Waals surface area contributed by atoms with E-state index in [9.17, 15) is 9.59 Å². The van der Waals surface area contributed by atoms with Gasteiger partial charge in [0.2, 0.25) is 0 Å². The molecule has 0 aliphatic heterocycles. The van der Waals surface area contributed by atoms with E-state index in [1.807, 2.05) is 12.1 Å². The third-order valence-electron chi connectivity index (χ3n) is 3.90. The molecule has 3 N–H and O–H groups in total. The van der Waals surface area contributed by atoms with Crippen molar-refractivity contribution in [3.63, 3.8) is 0 Å². The molecule has 26 heavy (non-hydrogen) atoms. The number of primary amides is 1. The lowest BCUT2D eigenvalue weighted by Crippen LogP contribution is -2.27. The van der Waals surface area contributed by atoms with E-state index in [-0.39, 0.29) is 17.9 Å². The molecule has 0 spiro atoms. The van der Waals surface area contributed by atoms with Gasteiger partial charge in [-0.25, -0.2) is 0 Å². The van der Waals surface area contributed by atoms with Gasteiger partial charge in [0.05, 0.1) is 5.56 Å². The van der Waals surface area contributed by atoms with E-state index < -0.39 is 5.91 Å². The number of para-hydroxylation sites is 1. The quantitative estimate of drug-likeness (QED) is 0.798. The summed E-state index contributed by atoms with van der Waals surface area (Å²) in [5.41, 5.74) is 7.29. The first-order valence-electron chi connectivity index (χ1n) is 8.65. The summed E-state index contributed by atoms with van der Waals surface area (Å²) in [5.74, 6) is -0.207. The maximum absolute atomic E-state index is 12.3. The summed E-state index contributed by atoms with van der Waals surface area (Å²) in [5, 5.41) is 2.94. The number of hydrogen-bond acceptors (Lipinski definition) is 3. The van der Waals surface area contributed by atoms with E-state index in [1.54, 1.807) is 36.4 Å². The first kappa shape index (κ1) is 19.5. The number of ether oxygens (including phenoxy) is 1. The van der Waals surface area contributed by atoms with Crippen LogP contribution in [0.15, 0.2) is 48.5 Å². The molecule has 0 saturated carbocycles. The van der Waals surface area contributed by atoms with Crippen LogP contribution in [0.5, 0.6) is 5.75 Å². The molecule has 0 atom stereocenters. The lowest BCUT2D eigenvalue weighted by atomic mass is 9.92. The third kappa shape index (κ3) is 5.92. The fourth-order valence-electron chi connectivity index (χ4n) is 2.41. The first-order valence-corrected chi connectivity index (χ1v) is 8.65. The number of nitrogens with two attached hydrogens (primary N) is 1. The Morgan fingerprint density at radius 1 is 1.08 bits per heavy atom. The second-order valence-electron chi connectivity index (χ2n) is 7.42. The Morgan fingerprint density at radius 2 is 1.81 bits per heavy atom. The van der Waals surface area contributed by atoms with Crippen molar-refractivity contribution in [2.45, 2.75) is 33.8 Å². The second kappa shape index (κ2) is 8.52. The molecule has 5 nitrogen and oxygen atoms in total. The van der Waals surface area contributed by atoms with Crippen molar-refractivity contribution in [1.82, 2.24) is 5.32 Å². The second-order valence-corrected chi connectivity index (χ2v) is 7.42. The van der Waals surface area contributed by atoms with Crippen LogP contribution < -0.4 is 15.8 Å². The van der Waals surface area contributed by atoms with Crippen LogP contribution in [0, 0.1) is 5.41 Å². The maximum Gasteiger partial charge on any atom is 0.252 e. The van der Waals surface area contributed by atoms with Crippen molar-refractivity contribution < 1.29 is 14.3 Å². The fraction of sp³-hybridized carbons (Fsp3) is 0.333. The molecule has 0 aliphatic carbocycles. The summed E-state index contributed by atoms with van der Waals surface area (Å²) in [7, 11) is 0. The predicted octanol–water partition coefficient (Wildman–Crippen LogP) is 3.53. The minimum atomic E-state index is -0.535. The van der Waals surface area contributed by atoms with Crippen LogP contribution in [0.1, 0.15) is 53.5 Å². The molecule has 0 aliphatic rings. The Labute approximate surface area is 154 Å². The van der Waals surface area contributed by atoms with Gasteiger partial charge in [-0.15, -0.1) is 0 Å². The topological polar surface area (TPSA) is 81.4 Å². The van der Waals surface area contributed by atoms with E-state index in [1.165, 1.54) is 0 Å². The number of carbonyl (C=O) groups excluding carboxylic acids is 2. The molecule has 0 saturated heterocycles. The standard InChI is InChI=1S/C21H26N2O3/c1-21(2,3)11-12-23-20(25)16-8-6-7-15(13-16)14-26-18-10-5-4-9-17(18)19(22)24/h4-10,13H,11-12,14H2,1-3H3,(H2,22,24)(H,23,25). The Hall–Kier alpha value is -2.82. The molecule has 0 bridgehead atoms. The van der Waals surface area contributed by atoms with Gasteiger partial charge < -0.3 is 15.8 Å². The van der Waals surface area contributed by atoms with Gasteiger partial charge in [-0.1, -0.05) is 45.0 Å². The van der Waals surface area contributed by atoms with Crippen LogP contribution in [0.2, 0.25) is 0 Å². The third-order valence-corrected chi connectivity index (χ3v) is 3.90. The van der Waals surface area contributed by atoms with Gasteiger partial charge in [0.15, 0.2) is 0 Å². The molecule has 5 heteroatoms. The number of hydrogen-bond donors (Lipinski definition) is 2. The average Bonchev–Trinajstić information content (AvgIpc) is 2.59. The fourth-order valence-corrected chi connectivity index (χ4v) is 2.41. The lowest BCUT2D eigenvalue weighted by molar-refractivity contribution is 0.0948. The van der Waals surface area contributed by atoms with Crippen LogP contribution in [-0.2, 0) is 6.61 Å². The molecule has 0 heterocycles. The molecule has 0 radical (unpaired) electrons. The van der Waals surface area contributed by atoms with E-state index in [0.29, 0.717) is 23.4 Å². The van der Waals surface area contributed by atoms with Crippen molar-refractivity contribution in [1.29, 1.82) is 0 Å². The van der Waals surface area contributed by atoms with Gasteiger partial charge in [0.25, 0.3) is 11.8 Å². The molecule has 138 valence electrons. The van der Waals surface area contributed by atoms with Gasteiger partial charge in [0.1, 0.15) is 12.4 Å². The van der Waals surface area contributed by atoms with Crippen LogP contribution in [0.25, 0.3) is 0 Å². The Balaban J connectivity index is 1.99. The lowest BCUT2D eigenvalue weighted by Gasteiger charge is -2.18. The van der Waals surface area contributed by atoms with Crippen molar-refractivity contribution >= 4 is 11.8 Å². The summed E-state index contributed by atoms with van der Waals surface area (Å²) >= 11 is 0. The smallest absolute Gasteiger partial charge is 0.252 e. The molecular weight excluding hydrogens is 328 g/mol. The average molecular weight is 354 g/mol. The summed E-state index contributed by atoms with van der Waals surface area (Å²) in [4.78, 5) is 23.7. The van der Waals surface area contributed by atoms with Crippen molar-refractivity contribution in [2.75, 3.05) is 6.54 Å². The predicted molar refractivity (Wildman–Crippen MR) is 102 cm³/mol.